The van der Waals surface area contributed by atoms with E-state index >= 15 is 0 Å². The van der Waals surface area contributed by atoms with Gasteiger partial charge in [0, 0.05) is 11.4 Å². The van der Waals surface area contributed by atoms with Crippen molar-refractivity contribution in [1.29, 1.82) is 0 Å². The van der Waals surface area contributed by atoms with Gasteiger partial charge in [-0.05, 0) is 31.5 Å². The first-order valence-corrected chi connectivity index (χ1v) is 7.23. The number of benzene rings is 1. The van der Waals surface area contributed by atoms with E-state index < -0.39 is 10.0 Å². The number of alkyl halides is 1. The van der Waals surface area contributed by atoms with Crippen LogP contribution in [0.2, 0.25) is 0 Å². The maximum atomic E-state index is 11.8. The molecule has 84 valence electrons. The smallest absolute Gasteiger partial charge is 0.209 e. The summed E-state index contributed by atoms with van der Waals surface area (Å²) in [6.07, 6.45) is 0. The normalized spacial score (nSPS) is 12.0. The summed E-state index contributed by atoms with van der Waals surface area (Å²) < 4.78 is 26.1. The number of halogens is 1. The molecular formula is C10H14BrNO2S. The average Bonchev–Trinajstić information content (AvgIpc) is 2.16. The SMILES string of the molecule is CC(C)NS(=O)(=O)c1cccc(CBr)c1. The van der Waals surface area contributed by atoms with E-state index in [1.165, 1.54) is 0 Å². The van der Waals surface area contributed by atoms with E-state index in [1.807, 2.05) is 6.07 Å². The largest absolute Gasteiger partial charge is 0.240 e. The van der Waals surface area contributed by atoms with E-state index in [2.05, 4.69) is 20.7 Å². The van der Waals surface area contributed by atoms with Gasteiger partial charge >= 0.3 is 0 Å². The Balaban J connectivity index is 3.04. The zero-order valence-corrected chi connectivity index (χ0v) is 11.1. The van der Waals surface area contributed by atoms with Gasteiger partial charge in [-0.3, -0.25) is 0 Å². The molecule has 1 aromatic rings. The van der Waals surface area contributed by atoms with Crippen LogP contribution < -0.4 is 4.72 Å². The standard InChI is InChI=1S/C10H14BrNO2S/c1-8(2)12-15(13,14)10-5-3-4-9(6-10)7-11/h3-6,8,12H,7H2,1-2H3. The van der Waals surface area contributed by atoms with Crippen molar-refractivity contribution in [3.8, 4) is 0 Å². The second kappa shape index (κ2) is 5.09. The Bertz CT molecular complexity index is 429. The number of nitrogens with one attached hydrogen (secondary N) is 1. The van der Waals surface area contributed by atoms with Crippen molar-refractivity contribution in [1.82, 2.24) is 4.72 Å². The highest BCUT2D eigenvalue weighted by atomic mass is 79.9. The minimum atomic E-state index is -3.36. The van der Waals surface area contributed by atoms with Gasteiger partial charge in [0.25, 0.3) is 0 Å². The van der Waals surface area contributed by atoms with Crippen molar-refractivity contribution < 1.29 is 8.42 Å². The highest BCUT2D eigenvalue weighted by molar-refractivity contribution is 9.08. The summed E-state index contributed by atoms with van der Waals surface area (Å²) in [5.74, 6) is 0. The predicted octanol–water partition coefficient (Wildman–Crippen LogP) is 2.27. The minimum absolute atomic E-state index is 0.0948. The van der Waals surface area contributed by atoms with Crippen LogP contribution in [0.15, 0.2) is 29.2 Å². The number of hydrogen-bond acceptors (Lipinski definition) is 2. The maximum Gasteiger partial charge on any atom is 0.240 e. The van der Waals surface area contributed by atoms with E-state index in [1.54, 1.807) is 32.0 Å². The first kappa shape index (κ1) is 12.7. The number of sulfonamides is 1. The molecule has 0 atom stereocenters. The lowest BCUT2D eigenvalue weighted by molar-refractivity contribution is 0.570. The zero-order chi connectivity index (χ0) is 11.5. The fourth-order valence-electron chi connectivity index (χ4n) is 1.17. The van der Waals surface area contributed by atoms with Crippen molar-refractivity contribution in [2.75, 3.05) is 0 Å². The molecule has 0 heterocycles. The van der Waals surface area contributed by atoms with E-state index in [-0.39, 0.29) is 6.04 Å². The molecule has 0 radical (unpaired) electrons. The van der Waals surface area contributed by atoms with Crippen molar-refractivity contribution in [3.05, 3.63) is 29.8 Å². The van der Waals surface area contributed by atoms with Gasteiger partial charge in [0.1, 0.15) is 0 Å². The van der Waals surface area contributed by atoms with Gasteiger partial charge in [-0.15, -0.1) is 0 Å². The van der Waals surface area contributed by atoms with Crippen LogP contribution in [0.25, 0.3) is 0 Å². The molecule has 0 aliphatic rings. The van der Waals surface area contributed by atoms with Gasteiger partial charge in [-0.25, -0.2) is 13.1 Å². The van der Waals surface area contributed by atoms with Gasteiger partial charge in [0.2, 0.25) is 10.0 Å². The lowest BCUT2D eigenvalue weighted by Crippen LogP contribution is -2.30. The van der Waals surface area contributed by atoms with Gasteiger partial charge in [0.05, 0.1) is 4.90 Å². The van der Waals surface area contributed by atoms with Gasteiger partial charge < -0.3 is 0 Å². The van der Waals surface area contributed by atoms with Crippen LogP contribution in [0.4, 0.5) is 0 Å². The Kier molecular flexibility index (Phi) is 4.31. The fraction of sp³-hybridized carbons (Fsp3) is 0.400. The van der Waals surface area contributed by atoms with Crippen LogP contribution >= 0.6 is 15.9 Å². The fourth-order valence-corrected chi connectivity index (χ4v) is 2.84. The molecular weight excluding hydrogens is 278 g/mol. The highest BCUT2D eigenvalue weighted by Crippen LogP contribution is 2.13. The Morgan fingerprint density at radius 1 is 1.40 bits per heavy atom. The monoisotopic (exact) mass is 291 g/mol. The summed E-state index contributed by atoms with van der Waals surface area (Å²) in [5, 5.41) is 0.651. The molecule has 1 N–H and O–H groups in total. The second-order valence-electron chi connectivity index (χ2n) is 3.56. The number of rotatable bonds is 4. The molecule has 0 saturated carbocycles. The summed E-state index contributed by atoms with van der Waals surface area (Å²) in [7, 11) is -3.36. The van der Waals surface area contributed by atoms with Gasteiger partial charge in [-0.1, -0.05) is 28.1 Å². The molecule has 0 amide bonds. The Morgan fingerprint density at radius 3 is 2.60 bits per heavy atom. The lowest BCUT2D eigenvalue weighted by atomic mass is 10.2. The summed E-state index contributed by atoms with van der Waals surface area (Å²) >= 11 is 3.29. The van der Waals surface area contributed by atoms with Crippen molar-refractivity contribution in [2.45, 2.75) is 30.1 Å². The maximum absolute atomic E-state index is 11.8. The molecule has 0 fully saturated rings. The third kappa shape index (κ3) is 3.59. The molecule has 15 heavy (non-hydrogen) atoms. The molecule has 0 aliphatic heterocycles. The number of hydrogen-bond donors (Lipinski definition) is 1. The van der Waals surface area contributed by atoms with Crippen LogP contribution in [-0.2, 0) is 15.4 Å². The molecule has 0 spiro atoms. The predicted molar refractivity (Wildman–Crippen MR) is 64.5 cm³/mol. The van der Waals surface area contributed by atoms with E-state index in [4.69, 9.17) is 0 Å². The van der Waals surface area contributed by atoms with Crippen molar-refractivity contribution in [3.63, 3.8) is 0 Å². The average molecular weight is 292 g/mol. The van der Waals surface area contributed by atoms with Crippen LogP contribution in [-0.4, -0.2) is 14.5 Å². The van der Waals surface area contributed by atoms with E-state index in [0.29, 0.717) is 10.2 Å². The van der Waals surface area contributed by atoms with Crippen LogP contribution in [0, 0.1) is 0 Å². The summed E-state index contributed by atoms with van der Waals surface area (Å²) in [4.78, 5) is 0.313. The van der Waals surface area contributed by atoms with E-state index in [9.17, 15) is 8.42 Å². The summed E-state index contributed by atoms with van der Waals surface area (Å²) in [5.41, 5.74) is 0.946. The third-order valence-corrected chi connectivity index (χ3v) is 4.06. The first-order chi connectivity index (χ1) is 6.95. The molecule has 1 aromatic carbocycles. The molecule has 0 aliphatic carbocycles. The van der Waals surface area contributed by atoms with Crippen LogP contribution in [0.1, 0.15) is 19.4 Å². The van der Waals surface area contributed by atoms with Gasteiger partial charge in [0.15, 0.2) is 0 Å². The molecule has 5 heteroatoms. The molecule has 0 aromatic heterocycles. The Morgan fingerprint density at radius 2 is 2.07 bits per heavy atom. The minimum Gasteiger partial charge on any atom is -0.209 e. The summed E-state index contributed by atoms with van der Waals surface area (Å²) in [6.45, 7) is 3.60. The van der Waals surface area contributed by atoms with Crippen LogP contribution in [0.3, 0.4) is 0 Å². The quantitative estimate of drug-likeness (QED) is 0.865. The Labute approximate surface area is 99.1 Å². The van der Waals surface area contributed by atoms with Crippen molar-refractivity contribution in [2.24, 2.45) is 0 Å². The lowest BCUT2D eigenvalue weighted by Gasteiger charge is -2.09. The molecule has 0 unspecified atom stereocenters. The first-order valence-electron chi connectivity index (χ1n) is 4.63. The van der Waals surface area contributed by atoms with Crippen LogP contribution in [0.5, 0.6) is 0 Å². The second-order valence-corrected chi connectivity index (χ2v) is 5.83. The highest BCUT2D eigenvalue weighted by Gasteiger charge is 2.14. The third-order valence-electron chi connectivity index (χ3n) is 1.75. The Hall–Kier alpha value is -0.390. The molecule has 3 nitrogen and oxygen atoms in total. The van der Waals surface area contributed by atoms with Gasteiger partial charge in [-0.2, -0.15) is 0 Å². The van der Waals surface area contributed by atoms with Crippen molar-refractivity contribution >= 4 is 26.0 Å². The molecule has 0 bridgehead atoms. The topological polar surface area (TPSA) is 46.2 Å². The molecule has 1 rings (SSSR count). The molecule has 0 saturated heterocycles. The zero-order valence-electron chi connectivity index (χ0n) is 8.70. The summed E-state index contributed by atoms with van der Waals surface area (Å²) in [6, 6.07) is 6.79. The van der Waals surface area contributed by atoms with E-state index in [0.717, 1.165) is 5.56 Å².